The van der Waals surface area contributed by atoms with Gasteiger partial charge in [-0.05, 0) is 49.6 Å². The number of nitrogen functional groups attached to an aromatic ring is 1. The Morgan fingerprint density at radius 1 is 1.14 bits per heavy atom. The number of nitrogens with zero attached hydrogens (tertiary/aromatic N) is 4. The first kappa shape index (κ1) is 29.3. The van der Waals surface area contributed by atoms with Crippen LogP contribution in [0.15, 0.2) is 54.9 Å². The van der Waals surface area contributed by atoms with Gasteiger partial charge in [-0.15, -0.1) is 0 Å². The lowest BCUT2D eigenvalue weighted by molar-refractivity contribution is -0.137. The molecule has 6 rings (SSSR count). The molecule has 1 aliphatic heterocycles. The molecule has 3 aromatic heterocycles. The Bertz CT molecular complexity index is 1730. The third-order valence-corrected chi connectivity index (χ3v) is 7.87. The van der Waals surface area contributed by atoms with E-state index in [0.29, 0.717) is 36.4 Å². The van der Waals surface area contributed by atoms with E-state index in [1.807, 2.05) is 16.6 Å². The number of hydrogen-bond acceptors (Lipinski definition) is 7. The Morgan fingerprint density at radius 3 is 2.75 bits per heavy atom. The fraction of sp³-hybridized carbons (Fsp3) is 0.323. The van der Waals surface area contributed by atoms with Crippen molar-refractivity contribution in [1.29, 1.82) is 0 Å². The standard InChI is InChI=1S/C31H30F3N7O3/c32-31(33,34)21-10-12-36-24(16-21)39-30(43)19-8-6-18(7-9-19)26-27-28(35)37-17-23-5-2-13-44-14-11-25(42)38-22-4-1-3-20(15-22)29(40-26)41(23)27/h2,5-10,12,16-17,20,22H,1,3-4,11,13-15H2,(H2,35,37)(H,38,42)(H,36,39,43)/t20-,22-/m1/s1. The van der Waals surface area contributed by atoms with E-state index in [1.54, 1.807) is 30.5 Å². The third kappa shape index (κ3) is 6.13. The van der Waals surface area contributed by atoms with Gasteiger partial charge >= 0.3 is 6.18 Å². The summed E-state index contributed by atoms with van der Waals surface area (Å²) in [6.45, 7) is 0.648. The second-order valence-electron chi connectivity index (χ2n) is 10.9. The number of benzene rings is 1. The van der Waals surface area contributed by atoms with Gasteiger partial charge in [-0.3, -0.25) is 14.0 Å². The van der Waals surface area contributed by atoms with Gasteiger partial charge < -0.3 is 21.1 Å². The van der Waals surface area contributed by atoms with Gasteiger partial charge in [0.25, 0.3) is 5.91 Å². The number of alkyl halides is 3. The van der Waals surface area contributed by atoms with E-state index in [4.69, 9.17) is 15.5 Å². The van der Waals surface area contributed by atoms with Crippen molar-refractivity contribution in [1.82, 2.24) is 24.7 Å². The Morgan fingerprint density at radius 2 is 1.95 bits per heavy atom. The number of amides is 2. The normalized spacial score (nSPS) is 19.3. The Hall–Kier alpha value is -4.78. The van der Waals surface area contributed by atoms with Crippen molar-refractivity contribution in [2.45, 2.75) is 50.2 Å². The van der Waals surface area contributed by atoms with Crippen molar-refractivity contribution in [2.75, 3.05) is 24.3 Å². The van der Waals surface area contributed by atoms with Gasteiger partial charge in [-0.1, -0.05) is 24.6 Å². The molecule has 1 saturated carbocycles. The molecule has 1 aromatic carbocycles. The monoisotopic (exact) mass is 605 g/mol. The van der Waals surface area contributed by atoms with Gasteiger partial charge in [0.05, 0.1) is 30.7 Å². The zero-order valence-electron chi connectivity index (χ0n) is 23.6. The number of ether oxygens (including phenoxy) is 1. The number of fused-ring (bicyclic) bond motifs is 3. The average Bonchev–Trinajstić information content (AvgIpc) is 3.41. The zero-order chi connectivity index (χ0) is 30.8. The van der Waals surface area contributed by atoms with E-state index in [9.17, 15) is 22.8 Å². The van der Waals surface area contributed by atoms with Gasteiger partial charge in [0, 0.05) is 35.7 Å². The first-order chi connectivity index (χ1) is 21.2. The summed E-state index contributed by atoms with van der Waals surface area (Å²) in [5, 5.41) is 5.57. The molecule has 0 radical (unpaired) electrons. The van der Waals surface area contributed by atoms with E-state index in [2.05, 4.69) is 20.6 Å². The van der Waals surface area contributed by atoms with Crippen LogP contribution in [0.4, 0.5) is 24.8 Å². The van der Waals surface area contributed by atoms with Crippen LogP contribution in [0.25, 0.3) is 22.9 Å². The number of aromatic nitrogens is 4. The minimum absolute atomic E-state index is 0.0160. The molecule has 0 unspecified atom stereocenters. The van der Waals surface area contributed by atoms with E-state index < -0.39 is 17.6 Å². The molecular formula is C31H30F3N7O3. The molecule has 10 nitrogen and oxygen atoms in total. The van der Waals surface area contributed by atoms with Gasteiger partial charge in [-0.25, -0.2) is 15.0 Å². The lowest BCUT2D eigenvalue weighted by Crippen LogP contribution is -2.38. The van der Waals surface area contributed by atoms with Crippen LogP contribution in [-0.2, 0) is 15.7 Å². The summed E-state index contributed by atoms with van der Waals surface area (Å²) < 4.78 is 46.9. The number of nitrogens with two attached hydrogens (primary N) is 1. The number of pyridine rings is 1. The summed E-state index contributed by atoms with van der Waals surface area (Å²) in [7, 11) is 0. The summed E-state index contributed by atoms with van der Waals surface area (Å²) in [6.07, 6.45) is 5.60. The van der Waals surface area contributed by atoms with Gasteiger partial charge in [0.1, 0.15) is 28.7 Å². The molecule has 4 N–H and O–H groups in total. The molecule has 0 spiro atoms. The Kier molecular flexibility index (Phi) is 8.04. The second kappa shape index (κ2) is 12.1. The Labute approximate surface area is 250 Å². The van der Waals surface area contributed by atoms with Crippen LogP contribution in [0, 0.1) is 0 Å². The topological polar surface area (TPSA) is 137 Å². The highest BCUT2D eigenvalue weighted by atomic mass is 19.4. The molecule has 0 saturated heterocycles. The van der Waals surface area contributed by atoms with Crippen molar-refractivity contribution in [3.05, 3.63) is 77.5 Å². The maximum absolute atomic E-state index is 13.1. The molecule has 228 valence electrons. The molecule has 2 aliphatic rings. The van der Waals surface area contributed by atoms with E-state index >= 15 is 0 Å². The molecule has 44 heavy (non-hydrogen) atoms. The van der Waals surface area contributed by atoms with Crippen LogP contribution < -0.4 is 16.4 Å². The molecular weight excluding hydrogens is 575 g/mol. The number of nitrogens with one attached hydrogen (secondary N) is 2. The summed E-state index contributed by atoms with van der Waals surface area (Å²) >= 11 is 0. The number of halogens is 3. The predicted octanol–water partition coefficient (Wildman–Crippen LogP) is 5.22. The summed E-state index contributed by atoms with van der Waals surface area (Å²) in [4.78, 5) is 38.7. The van der Waals surface area contributed by atoms with Crippen LogP contribution in [-0.4, -0.2) is 50.4 Å². The van der Waals surface area contributed by atoms with Crippen LogP contribution >= 0.6 is 0 Å². The lowest BCUT2D eigenvalue weighted by atomic mass is 9.85. The van der Waals surface area contributed by atoms with Crippen LogP contribution in [0.1, 0.15) is 65.5 Å². The fourth-order valence-electron chi connectivity index (χ4n) is 5.77. The van der Waals surface area contributed by atoms with E-state index in [1.165, 1.54) is 0 Å². The second-order valence-corrected chi connectivity index (χ2v) is 10.9. The number of rotatable bonds is 3. The highest BCUT2D eigenvalue weighted by Gasteiger charge is 2.32. The zero-order valence-corrected chi connectivity index (χ0v) is 23.6. The maximum atomic E-state index is 13.1. The molecule has 4 aromatic rings. The number of imidazole rings is 1. The molecule has 1 aliphatic carbocycles. The van der Waals surface area contributed by atoms with Crippen LogP contribution in [0.3, 0.4) is 0 Å². The van der Waals surface area contributed by atoms with Crippen molar-refractivity contribution in [2.24, 2.45) is 0 Å². The predicted molar refractivity (Wildman–Crippen MR) is 158 cm³/mol. The summed E-state index contributed by atoms with van der Waals surface area (Å²) in [6, 6.07) is 8.19. The molecule has 2 bridgehead atoms. The first-order valence-electron chi connectivity index (χ1n) is 14.3. The van der Waals surface area contributed by atoms with Gasteiger partial charge in [0.15, 0.2) is 0 Å². The van der Waals surface area contributed by atoms with Gasteiger partial charge in [-0.2, -0.15) is 13.2 Å². The van der Waals surface area contributed by atoms with Crippen molar-refractivity contribution in [3.63, 3.8) is 0 Å². The molecule has 2 atom stereocenters. The number of carbonyl (C=O) groups excluding carboxylic acids is 2. The molecule has 13 heteroatoms. The Balaban J connectivity index is 1.35. The van der Waals surface area contributed by atoms with Crippen molar-refractivity contribution < 1.29 is 27.5 Å². The molecule has 2 amide bonds. The van der Waals surface area contributed by atoms with Gasteiger partial charge in [0.2, 0.25) is 5.91 Å². The van der Waals surface area contributed by atoms with Crippen LogP contribution in [0.5, 0.6) is 0 Å². The summed E-state index contributed by atoms with van der Waals surface area (Å²) in [5.41, 5.74) is 8.41. The largest absolute Gasteiger partial charge is 0.416 e. The van der Waals surface area contributed by atoms with Crippen molar-refractivity contribution in [3.8, 4) is 11.3 Å². The minimum Gasteiger partial charge on any atom is -0.382 e. The average molecular weight is 606 g/mol. The first-order valence-corrected chi connectivity index (χ1v) is 14.3. The minimum atomic E-state index is -4.56. The lowest BCUT2D eigenvalue weighted by Gasteiger charge is -2.29. The maximum Gasteiger partial charge on any atom is 0.416 e. The number of hydrogen-bond donors (Lipinski definition) is 3. The molecule has 1 fully saturated rings. The highest BCUT2D eigenvalue weighted by Crippen LogP contribution is 2.38. The van der Waals surface area contributed by atoms with Crippen LogP contribution in [0.2, 0.25) is 0 Å². The SMILES string of the molecule is Nc1ncc2n3c(nc(-c4ccc(C(=O)Nc5cc(C(F)(F)F)ccn5)cc4)c13)[C@@H]1CCC[C@H](C1)NC(=O)CCOCC=C2. The third-order valence-electron chi connectivity index (χ3n) is 7.87. The van der Waals surface area contributed by atoms with E-state index in [0.717, 1.165) is 55.5 Å². The van der Waals surface area contributed by atoms with Crippen molar-refractivity contribution >= 4 is 35.0 Å². The smallest absolute Gasteiger partial charge is 0.382 e. The number of anilines is 2. The molecule has 4 heterocycles. The van der Waals surface area contributed by atoms with E-state index in [-0.39, 0.29) is 35.1 Å². The summed E-state index contributed by atoms with van der Waals surface area (Å²) in [5.74, 6) is 0.286. The number of carbonyl (C=O) groups is 2. The highest BCUT2D eigenvalue weighted by molar-refractivity contribution is 6.04. The quantitative estimate of drug-likeness (QED) is 0.291. The fourth-order valence-corrected chi connectivity index (χ4v) is 5.77.